The number of carbonyl (C=O) groups is 2. The molecule has 138 valence electrons. The second kappa shape index (κ2) is 8.38. The third-order valence-electron chi connectivity index (χ3n) is 4.02. The van der Waals surface area contributed by atoms with Gasteiger partial charge in [0.1, 0.15) is 0 Å². The Balaban J connectivity index is 1.88. The second-order valence-corrected chi connectivity index (χ2v) is 8.88. The SMILES string of the molecule is CCN(C(=O)COC(=O)Cc1ccc(Cl)cc1Cl)C1CCS(=O)(=O)C1. The Kier molecular flexibility index (Phi) is 6.71. The summed E-state index contributed by atoms with van der Waals surface area (Å²) >= 11 is 11.8. The van der Waals surface area contributed by atoms with Crippen LogP contribution in [0.5, 0.6) is 0 Å². The smallest absolute Gasteiger partial charge is 0.310 e. The Morgan fingerprint density at radius 2 is 2.04 bits per heavy atom. The van der Waals surface area contributed by atoms with Crippen LogP contribution in [-0.4, -0.2) is 55.9 Å². The van der Waals surface area contributed by atoms with Crippen LogP contribution in [0.25, 0.3) is 0 Å². The summed E-state index contributed by atoms with van der Waals surface area (Å²) in [6.45, 7) is 1.70. The highest BCUT2D eigenvalue weighted by Crippen LogP contribution is 2.22. The highest BCUT2D eigenvalue weighted by molar-refractivity contribution is 7.91. The fourth-order valence-electron chi connectivity index (χ4n) is 2.76. The van der Waals surface area contributed by atoms with Crippen LogP contribution < -0.4 is 0 Å². The van der Waals surface area contributed by atoms with E-state index in [2.05, 4.69) is 0 Å². The van der Waals surface area contributed by atoms with Crippen molar-refractivity contribution in [2.24, 2.45) is 0 Å². The van der Waals surface area contributed by atoms with E-state index >= 15 is 0 Å². The van der Waals surface area contributed by atoms with E-state index in [0.717, 1.165) is 0 Å². The van der Waals surface area contributed by atoms with Crippen molar-refractivity contribution in [3.8, 4) is 0 Å². The summed E-state index contributed by atoms with van der Waals surface area (Å²) in [5, 5.41) is 0.810. The zero-order valence-electron chi connectivity index (χ0n) is 13.7. The van der Waals surface area contributed by atoms with Gasteiger partial charge in [0, 0.05) is 22.6 Å². The van der Waals surface area contributed by atoms with E-state index in [1.54, 1.807) is 19.1 Å². The maximum atomic E-state index is 12.3. The van der Waals surface area contributed by atoms with Crippen LogP contribution in [0.2, 0.25) is 10.0 Å². The van der Waals surface area contributed by atoms with Gasteiger partial charge in [0.05, 0.1) is 17.9 Å². The molecule has 1 fully saturated rings. The van der Waals surface area contributed by atoms with Gasteiger partial charge in [-0.05, 0) is 31.0 Å². The minimum absolute atomic E-state index is 0.0408. The summed E-state index contributed by atoms with van der Waals surface area (Å²) in [6, 6.07) is 4.40. The van der Waals surface area contributed by atoms with Gasteiger partial charge < -0.3 is 9.64 Å². The average molecular weight is 408 g/mol. The Bertz CT molecular complexity index is 766. The molecule has 1 heterocycles. The van der Waals surface area contributed by atoms with Gasteiger partial charge in [-0.2, -0.15) is 0 Å². The molecule has 6 nitrogen and oxygen atoms in total. The Hall–Kier alpha value is -1.31. The van der Waals surface area contributed by atoms with Crippen LogP contribution in [0.4, 0.5) is 0 Å². The zero-order valence-corrected chi connectivity index (χ0v) is 16.0. The maximum Gasteiger partial charge on any atom is 0.310 e. The molecule has 1 atom stereocenters. The summed E-state index contributed by atoms with van der Waals surface area (Å²) in [4.78, 5) is 25.6. The molecule has 0 aromatic heterocycles. The number of hydrogen-bond donors (Lipinski definition) is 0. The molecule has 25 heavy (non-hydrogen) atoms. The number of benzene rings is 1. The molecule has 0 N–H and O–H groups in total. The number of hydrogen-bond acceptors (Lipinski definition) is 5. The maximum absolute atomic E-state index is 12.3. The number of likely N-dealkylation sites (N-methyl/N-ethyl adjacent to an activating group) is 1. The number of halogens is 2. The Morgan fingerprint density at radius 1 is 1.32 bits per heavy atom. The van der Waals surface area contributed by atoms with Crippen LogP contribution in [0.1, 0.15) is 18.9 Å². The van der Waals surface area contributed by atoms with Gasteiger partial charge in [-0.1, -0.05) is 29.3 Å². The monoisotopic (exact) mass is 407 g/mol. The molecule has 1 aliphatic heterocycles. The number of rotatable bonds is 6. The van der Waals surface area contributed by atoms with E-state index < -0.39 is 28.3 Å². The topological polar surface area (TPSA) is 80.8 Å². The van der Waals surface area contributed by atoms with Crippen molar-refractivity contribution in [2.75, 3.05) is 24.7 Å². The van der Waals surface area contributed by atoms with Gasteiger partial charge in [-0.15, -0.1) is 0 Å². The van der Waals surface area contributed by atoms with Gasteiger partial charge in [-0.3, -0.25) is 9.59 Å². The second-order valence-electron chi connectivity index (χ2n) is 5.81. The van der Waals surface area contributed by atoms with Gasteiger partial charge in [0.25, 0.3) is 5.91 Å². The third kappa shape index (κ3) is 5.59. The fraction of sp³-hybridized carbons (Fsp3) is 0.500. The van der Waals surface area contributed by atoms with E-state index in [-0.39, 0.29) is 24.0 Å². The van der Waals surface area contributed by atoms with Crippen molar-refractivity contribution >= 4 is 44.9 Å². The summed E-state index contributed by atoms with van der Waals surface area (Å²) < 4.78 is 28.1. The molecule has 0 spiro atoms. The first-order valence-corrected chi connectivity index (χ1v) is 10.4. The standard InChI is InChI=1S/C16H19Cl2NO5S/c1-2-19(13-5-6-25(22,23)10-13)15(20)9-24-16(21)7-11-3-4-12(17)8-14(11)18/h3-4,8,13H,2,5-7,9-10H2,1H3. The minimum atomic E-state index is -3.09. The molecule has 1 unspecified atom stereocenters. The van der Waals surface area contributed by atoms with Crippen molar-refractivity contribution in [3.05, 3.63) is 33.8 Å². The number of ether oxygens (including phenoxy) is 1. The number of sulfone groups is 1. The molecule has 1 saturated heterocycles. The first-order valence-electron chi connectivity index (χ1n) is 7.81. The van der Waals surface area contributed by atoms with Crippen molar-refractivity contribution < 1.29 is 22.7 Å². The molecule has 0 saturated carbocycles. The van der Waals surface area contributed by atoms with Gasteiger partial charge in [0.2, 0.25) is 0 Å². The lowest BCUT2D eigenvalue weighted by molar-refractivity contribution is -0.152. The predicted octanol–water partition coefficient (Wildman–Crippen LogP) is 2.11. The number of amides is 1. The number of esters is 1. The molecule has 2 rings (SSSR count). The molecular weight excluding hydrogens is 389 g/mol. The Labute approximate surface area is 157 Å². The highest BCUT2D eigenvalue weighted by Gasteiger charge is 2.34. The van der Waals surface area contributed by atoms with E-state index in [9.17, 15) is 18.0 Å². The predicted molar refractivity (Wildman–Crippen MR) is 95.6 cm³/mol. The van der Waals surface area contributed by atoms with E-state index in [0.29, 0.717) is 28.6 Å². The van der Waals surface area contributed by atoms with Crippen LogP contribution in [0.3, 0.4) is 0 Å². The van der Waals surface area contributed by atoms with Gasteiger partial charge in [-0.25, -0.2) is 8.42 Å². The molecule has 1 aromatic rings. The average Bonchev–Trinajstić information content (AvgIpc) is 2.88. The zero-order chi connectivity index (χ0) is 18.6. The third-order valence-corrected chi connectivity index (χ3v) is 6.35. The number of carbonyl (C=O) groups excluding carboxylic acids is 2. The summed E-state index contributed by atoms with van der Waals surface area (Å²) in [7, 11) is -3.09. The Morgan fingerprint density at radius 3 is 2.60 bits per heavy atom. The van der Waals surface area contributed by atoms with E-state index in [4.69, 9.17) is 27.9 Å². The molecule has 0 radical (unpaired) electrons. The molecular formula is C16H19Cl2NO5S. The molecule has 1 amide bonds. The molecule has 0 aliphatic carbocycles. The fourth-order valence-corrected chi connectivity index (χ4v) is 4.96. The van der Waals surface area contributed by atoms with Crippen molar-refractivity contribution in [3.63, 3.8) is 0 Å². The lowest BCUT2D eigenvalue weighted by Gasteiger charge is -2.26. The summed E-state index contributed by atoms with van der Waals surface area (Å²) in [5.41, 5.74) is 0.553. The quantitative estimate of drug-likeness (QED) is 0.674. The molecule has 1 aromatic carbocycles. The molecule has 1 aliphatic rings. The molecule has 0 bridgehead atoms. The van der Waals surface area contributed by atoms with E-state index in [1.807, 2.05) is 0 Å². The van der Waals surface area contributed by atoms with Crippen molar-refractivity contribution in [1.29, 1.82) is 0 Å². The minimum Gasteiger partial charge on any atom is -0.455 e. The van der Waals surface area contributed by atoms with Crippen LogP contribution in [0, 0.1) is 0 Å². The lowest BCUT2D eigenvalue weighted by Crippen LogP contribution is -2.43. The largest absolute Gasteiger partial charge is 0.455 e. The van der Waals surface area contributed by atoms with Crippen LogP contribution in [-0.2, 0) is 30.6 Å². The highest BCUT2D eigenvalue weighted by atomic mass is 35.5. The van der Waals surface area contributed by atoms with Crippen molar-refractivity contribution in [2.45, 2.75) is 25.8 Å². The van der Waals surface area contributed by atoms with Gasteiger partial charge in [0.15, 0.2) is 16.4 Å². The van der Waals surface area contributed by atoms with E-state index in [1.165, 1.54) is 11.0 Å². The normalized spacial score (nSPS) is 18.8. The van der Waals surface area contributed by atoms with Crippen LogP contribution in [0.15, 0.2) is 18.2 Å². The first-order chi connectivity index (χ1) is 11.7. The summed E-state index contributed by atoms with van der Waals surface area (Å²) in [5.74, 6) is -0.954. The first kappa shape index (κ1) is 20.0. The lowest BCUT2D eigenvalue weighted by atomic mass is 10.1. The van der Waals surface area contributed by atoms with Crippen molar-refractivity contribution in [1.82, 2.24) is 4.90 Å². The molecule has 9 heteroatoms. The van der Waals surface area contributed by atoms with Gasteiger partial charge >= 0.3 is 5.97 Å². The number of nitrogens with zero attached hydrogens (tertiary/aromatic N) is 1. The van der Waals surface area contributed by atoms with Crippen LogP contribution >= 0.6 is 23.2 Å². The summed E-state index contributed by atoms with van der Waals surface area (Å²) in [6.07, 6.45) is 0.337.